The van der Waals surface area contributed by atoms with Gasteiger partial charge in [0.15, 0.2) is 0 Å². The van der Waals surface area contributed by atoms with Gasteiger partial charge < -0.3 is 24.8 Å². The molecule has 2 aromatic rings. The zero-order chi connectivity index (χ0) is 26.2. The summed E-state index contributed by atoms with van der Waals surface area (Å²) in [5, 5.41) is 15.8. The molecule has 1 heterocycles. The van der Waals surface area contributed by atoms with E-state index in [0.29, 0.717) is 29.4 Å². The predicted octanol–water partition coefficient (Wildman–Crippen LogP) is 3.86. The van der Waals surface area contributed by atoms with E-state index in [4.69, 9.17) is 25.8 Å². The van der Waals surface area contributed by atoms with Crippen LogP contribution in [0.4, 0.5) is 5.69 Å². The van der Waals surface area contributed by atoms with Crippen molar-refractivity contribution in [1.29, 1.82) is 5.26 Å². The number of hydrogen-bond donors (Lipinski definition) is 2. The number of nitrogens with one attached hydrogen (secondary N) is 2. The largest absolute Gasteiger partial charge is 0.495 e. The molecule has 1 aliphatic heterocycles. The molecule has 11 heteroatoms. The maximum absolute atomic E-state index is 13.0. The zero-order valence-electron chi connectivity index (χ0n) is 19.8. The second-order valence-electron chi connectivity index (χ2n) is 7.48. The lowest BCUT2D eigenvalue weighted by atomic mass is 9.78. The van der Waals surface area contributed by atoms with Crippen molar-refractivity contribution in [3.63, 3.8) is 0 Å². The number of carbonyl (C=O) groups excluding carboxylic acids is 3. The number of esters is 1. The third-order valence-corrected chi connectivity index (χ3v) is 6.64. The van der Waals surface area contributed by atoms with Crippen LogP contribution in [-0.4, -0.2) is 44.4 Å². The Kier molecular flexibility index (Phi) is 9.22. The van der Waals surface area contributed by atoms with E-state index in [0.717, 1.165) is 11.8 Å². The Labute approximate surface area is 217 Å². The number of hydrogen-bond acceptors (Lipinski definition) is 8. The van der Waals surface area contributed by atoms with Gasteiger partial charge in [-0.05, 0) is 36.8 Å². The predicted molar refractivity (Wildman–Crippen MR) is 136 cm³/mol. The SMILES string of the molecule is CCOc1ccc([C@H]2C(C#N)=C(SCC(=O)Nc3ccccc3OC)NC(=O)[C@@H]2C(=O)OC)cc1Cl. The fraction of sp³-hybridized carbons (Fsp3) is 0.280. The maximum Gasteiger partial charge on any atom is 0.319 e. The molecular formula is C25H24ClN3O6S. The Hall–Kier alpha value is -3.68. The summed E-state index contributed by atoms with van der Waals surface area (Å²) in [5.74, 6) is -3.29. The lowest BCUT2D eigenvalue weighted by molar-refractivity contribution is -0.150. The highest BCUT2D eigenvalue weighted by molar-refractivity contribution is 8.03. The molecule has 0 saturated heterocycles. The van der Waals surface area contributed by atoms with E-state index in [1.54, 1.807) is 42.5 Å². The van der Waals surface area contributed by atoms with E-state index in [9.17, 15) is 19.6 Å². The summed E-state index contributed by atoms with van der Waals surface area (Å²) in [6, 6.07) is 13.8. The van der Waals surface area contributed by atoms with Crippen LogP contribution >= 0.6 is 23.4 Å². The molecule has 2 N–H and O–H groups in total. The molecule has 36 heavy (non-hydrogen) atoms. The number of nitrogens with zero attached hydrogens (tertiary/aromatic N) is 1. The number of ether oxygens (including phenoxy) is 3. The molecule has 188 valence electrons. The highest BCUT2D eigenvalue weighted by Gasteiger charge is 2.44. The number of nitriles is 1. The van der Waals surface area contributed by atoms with Gasteiger partial charge in [-0.2, -0.15) is 5.26 Å². The number of para-hydroxylation sites is 2. The normalized spacial score (nSPS) is 17.0. The molecule has 0 aromatic heterocycles. The van der Waals surface area contributed by atoms with Gasteiger partial charge in [0.25, 0.3) is 0 Å². The fourth-order valence-corrected chi connectivity index (χ4v) is 4.83. The minimum Gasteiger partial charge on any atom is -0.495 e. The van der Waals surface area contributed by atoms with Crippen molar-refractivity contribution in [3.8, 4) is 17.6 Å². The lowest BCUT2D eigenvalue weighted by Crippen LogP contribution is -2.44. The van der Waals surface area contributed by atoms with Crippen molar-refractivity contribution in [1.82, 2.24) is 5.32 Å². The summed E-state index contributed by atoms with van der Waals surface area (Å²) < 4.78 is 15.5. The van der Waals surface area contributed by atoms with Gasteiger partial charge in [-0.15, -0.1) is 0 Å². The van der Waals surface area contributed by atoms with Gasteiger partial charge in [-0.25, -0.2) is 0 Å². The third kappa shape index (κ3) is 5.93. The molecule has 1 aliphatic rings. The molecule has 0 aliphatic carbocycles. The van der Waals surface area contributed by atoms with Crippen molar-refractivity contribution in [2.75, 3.05) is 31.9 Å². The van der Waals surface area contributed by atoms with Crippen molar-refractivity contribution in [3.05, 3.63) is 63.7 Å². The van der Waals surface area contributed by atoms with E-state index in [1.165, 1.54) is 14.2 Å². The zero-order valence-corrected chi connectivity index (χ0v) is 21.4. The Morgan fingerprint density at radius 3 is 2.58 bits per heavy atom. The Balaban J connectivity index is 1.93. The Morgan fingerprint density at radius 2 is 1.94 bits per heavy atom. The van der Waals surface area contributed by atoms with Gasteiger partial charge in [0.1, 0.15) is 17.4 Å². The highest BCUT2D eigenvalue weighted by atomic mass is 35.5. The minimum atomic E-state index is -1.31. The van der Waals surface area contributed by atoms with E-state index in [2.05, 4.69) is 16.7 Å². The molecule has 0 bridgehead atoms. The van der Waals surface area contributed by atoms with Crippen LogP contribution in [0.5, 0.6) is 11.5 Å². The van der Waals surface area contributed by atoms with Gasteiger partial charge in [0.2, 0.25) is 11.8 Å². The van der Waals surface area contributed by atoms with E-state index in [1.807, 2.05) is 6.92 Å². The van der Waals surface area contributed by atoms with Crippen LogP contribution in [0.3, 0.4) is 0 Å². The van der Waals surface area contributed by atoms with Crippen LogP contribution in [0.15, 0.2) is 53.1 Å². The number of anilines is 1. The molecule has 2 amide bonds. The summed E-state index contributed by atoms with van der Waals surface area (Å²) in [6.45, 7) is 2.21. The Morgan fingerprint density at radius 1 is 1.19 bits per heavy atom. The van der Waals surface area contributed by atoms with Crippen LogP contribution in [0, 0.1) is 17.2 Å². The number of rotatable bonds is 9. The first-order valence-electron chi connectivity index (χ1n) is 10.8. The number of methoxy groups -OCH3 is 2. The fourth-order valence-electron chi connectivity index (χ4n) is 3.73. The molecular weight excluding hydrogens is 506 g/mol. The average molecular weight is 530 g/mol. The molecule has 0 saturated carbocycles. The average Bonchev–Trinajstić information content (AvgIpc) is 2.88. The number of carbonyl (C=O) groups is 3. The van der Waals surface area contributed by atoms with E-state index in [-0.39, 0.29) is 27.3 Å². The first-order chi connectivity index (χ1) is 17.3. The number of thioether (sulfide) groups is 1. The van der Waals surface area contributed by atoms with Crippen molar-refractivity contribution < 1.29 is 28.6 Å². The van der Waals surface area contributed by atoms with Crippen LogP contribution in [0.2, 0.25) is 5.02 Å². The van der Waals surface area contributed by atoms with E-state index >= 15 is 0 Å². The van der Waals surface area contributed by atoms with Gasteiger partial charge >= 0.3 is 5.97 Å². The number of halogens is 1. The summed E-state index contributed by atoms with van der Waals surface area (Å²) in [6.07, 6.45) is 0. The standard InChI is InChI=1S/C25H24ClN3O6S/c1-4-35-18-10-9-14(11-16(18)26)21-15(12-27)24(29-23(31)22(21)25(32)34-3)36-13-20(30)28-17-7-5-6-8-19(17)33-2/h5-11,21-22H,4,13H2,1-3H3,(H,28,30)(H,29,31)/t21-,22+/m0/s1. The summed E-state index contributed by atoms with van der Waals surface area (Å²) >= 11 is 7.32. The summed E-state index contributed by atoms with van der Waals surface area (Å²) in [5.41, 5.74) is 1.06. The second kappa shape index (κ2) is 12.3. The Bertz CT molecular complexity index is 1240. The highest BCUT2D eigenvalue weighted by Crippen LogP contribution is 2.42. The van der Waals surface area contributed by atoms with Crippen molar-refractivity contribution in [2.45, 2.75) is 12.8 Å². The number of amides is 2. The molecule has 2 aromatic carbocycles. The van der Waals surface area contributed by atoms with Crippen LogP contribution in [0.1, 0.15) is 18.4 Å². The maximum atomic E-state index is 13.0. The number of benzene rings is 2. The van der Waals surface area contributed by atoms with E-state index < -0.39 is 23.7 Å². The topological polar surface area (TPSA) is 127 Å². The molecule has 9 nitrogen and oxygen atoms in total. The molecule has 0 fully saturated rings. The minimum absolute atomic E-state index is 0.111. The number of allylic oxidation sites excluding steroid dienone is 1. The van der Waals surface area contributed by atoms with Gasteiger partial charge in [0.05, 0.1) is 54.0 Å². The first kappa shape index (κ1) is 26.9. The van der Waals surface area contributed by atoms with Crippen LogP contribution in [-0.2, 0) is 19.1 Å². The smallest absolute Gasteiger partial charge is 0.319 e. The van der Waals surface area contributed by atoms with Crippen molar-refractivity contribution in [2.24, 2.45) is 5.92 Å². The third-order valence-electron chi connectivity index (χ3n) is 5.33. The quantitative estimate of drug-likeness (QED) is 0.370. The van der Waals surface area contributed by atoms with Crippen LogP contribution in [0.25, 0.3) is 0 Å². The second-order valence-corrected chi connectivity index (χ2v) is 8.88. The monoisotopic (exact) mass is 529 g/mol. The molecule has 0 radical (unpaired) electrons. The van der Waals surface area contributed by atoms with Crippen molar-refractivity contribution >= 4 is 46.8 Å². The molecule has 3 rings (SSSR count). The van der Waals surface area contributed by atoms with Gasteiger partial charge in [0, 0.05) is 5.92 Å². The van der Waals surface area contributed by atoms with Crippen LogP contribution < -0.4 is 20.1 Å². The molecule has 2 atom stereocenters. The first-order valence-corrected chi connectivity index (χ1v) is 12.2. The van der Waals surface area contributed by atoms with Gasteiger partial charge in [-0.1, -0.05) is 41.6 Å². The summed E-state index contributed by atoms with van der Waals surface area (Å²) in [7, 11) is 2.66. The van der Waals surface area contributed by atoms with Gasteiger partial charge in [-0.3, -0.25) is 14.4 Å². The molecule has 0 spiro atoms. The molecule has 0 unspecified atom stereocenters. The summed E-state index contributed by atoms with van der Waals surface area (Å²) in [4.78, 5) is 38.1. The lowest BCUT2D eigenvalue weighted by Gasteiger charge is -2.31.